The minimum atomic E-state index is -4.55. The Balaban J connectivity index is 1.84. The van der Waals surface area contributed by atoms with Crippen molar-refractivity contribution in [2.24, 2.45) is 17.8 Å². The lowest BCUT2D eigenvalue weighted by Crippen LogP contribution is -2.63. The molecule has 13 atom stereocenters. The van der Waals surface area contributed by atoms with Gasteiger partial charge in [0, 0.05) is 43.7 Å². The normalized spacial score (nSPS) is 38.7. The van der Waals surface area contributed by atoms with Crippen molar-refractivity contribution in [3.8, 4) is 0 Å². The Labute approximate surface area is 339 Å². The molecule has 4 unspecified atom stereocenters. The summed E-state index contributed by atoms with van der Waals surface area (Å²) in [6.07, 6.45) is -2.63. The number of likely N-dealkylation sites (N-methyl/N-ethyl adjacent to an activating group) is 1. The summed E-state index contributed by atoms with van der Waals surface area (Å²) in [5.41, 5.74) is -1.93. The Morgan fingerprint density at radius 1 is 0.982 bits per heavy atom. The summed E-state index contributed by atoms with van der Waals surface area (Å²) >= 11 is 0. The predicted molar refractivity (Wildman–Crippen MR) is 213 cm³/mol. The van der Waals surface area contributed by atoms with Crippen molar-refractivity contribution in [3.63, 3.8) is 0 Å². The zero-order valence-electron chi connectivity index (χ0n) is 35.9. The van der Waals surface area contributed by atoms with Gasteiger partial charge in [-0.05, 0) is 85.9 Å². The van der Waals surface area contributed by atoms with Crippen molar-refractivity contribution in [2.45, 2.75) is 153 Å². The van der Waals surface area contributed by atoms with E-state index in [9.17, 15) is 32.7 Å². The van der Waals surface area contributed by atoms with E-state index in [0.717, 1.165) is 31.6 Å². The number of nitrogens with zero attached hydrogens (tertiary/aromatic N) is 2. The number of amides is 1. The van der Waals surface area contributed by atoms with Gasteiger partial charge in [-0.25, -0.2) is 18.0 Å². The van der Waals surface area contributed by atoms with E-state index in [4.69, 9.17) is 23.7 Å². The molecule has 322 valence electrons. The first-order chi connectivity index (χ1) is 26.5. The highest BCUT2D eigenvalue weighted by Crippen LogP contribution is 2.44. The van der Waals surface area contributed by atoms with Crippen LogP contribution in [0.1, 0.15) is 93.1 Å². The van der Waals surface area contributed by atoms with Crippen LogP contribution in [0.3, 0.4) is 0 Å². The molecular weight excluding hydrogens is 757 g/mol. The molecule has 3 saturated heterocycles. The van der Waals surface area contributed by atoms with E-state index in [1.54, 1.807) is 34.6 Å². The molecule has 0 spiro atoms. The summed E-state index contributed by atoms with van der Waals surface area (Å²) in [5.74, 6) is -5.59. The molecule has 1 N–H and O–H groups in total. The van der Waals surface area contributed by atoms with E-state index in [0.29, 0.717) is 12.8 Å². The number of carbonyl (C=O) groups excluding carboxylic acids is 4. The van der Waals surface area contributed by atoms with Crippen LogP contribution in [0.15, 0.2) is 30.3 Å². The fourth-order valence-corrected chi connectivity index (χ4v) is 10.2. The first-order valence-corrected chi connectivity index (χ1v) is 22.1. The summed E-state index contributed by atoms with van der Waals surface area (Å²) in [5, 5.41) is 11.5. The smallest absolute Gasteiger partial charge is 0.410 e. The first kappa shape index (κ1) is 46.7. The maximum Gasteiger partial charge on any atom is 0.410 e. The quantitative estimate of drug-likeness (QED) is 0.189. The highest BCUT2D eigenvalue weighted by Gasteiger charge is 2.63. The number of unbranched alkanes of at least 4 members (excludes halogenated alkanes) is 1. The third-order valence-corrected chi connectivity index (χ3v) is 14.7. The van der Waals surface area contributed by atoms with Crippen molar-refractivity contribution in [1.82, 2.24) is 9.80 Å². The standard InChI is InChI=1S/C42H66N2O12S/c1-13-31-41(7)34(44(39(49)56-41)22-18-17-21-29-19-15-14-16-20-29)27(4)32(45)25(2)24-40(6,52-11)36(55-37-33(46)30(43(9)10)23-26(3)53-37)28(5)35(47)42(8,38(48)54-31)57(12,50)51/h14-16,19-20,25-28,30-31,33-34,36-37,46H,13,17-18,21-24H2,1-12H3/t25-,26-,27-,28+,30+,31+,33-,34?,36-,37?,40+,41?,42?/m1/s1. The number of sulfone groups is 1. The lowest BCUT2D eigenvalue weighted by atomic mass is 9.73. The van der Waals surface area contributed by atoms with Gasteiger partial charge >= 0.3 is 12.1 Å². The Kier molecular flexibility index (Phi) is 14.9. The molecule has 0 aliphatic carbocycles. The Bertz CT molecular complexity index is 1710. The number of aliphatic hydroxyl groups is 1. The molecule has 0 saturated carbocycles. The number of esters is 1. The predicted octanol–water partition coefficient (Wildman–Crippen LogP) is 4.38. The lowest BCUT2D eigenvalue weighted by molar-refractivity contribution is -0.295. The van der Waals surface area contributed by atoms with E-state index in [1.165, 1.54) is 18.9 Å². The number of Topliss-reactive ketones (excluding diaryl/α,β-unsaturated/α-hetero) is 2. The van der Waals surface area contributed by atoms with Crippen LogP contribution in [-0.2, 0) is 54.3 Å². The van der Waals surface area contributed by atoms with Crippen LogP contribution >= 0.6 is 0 Å². The average Bonchev–Trinajstić information content (AvgIpc) is 3.41. The summed E-state index contributed by atoms with van der Waals surface area (Å²) in [7, 11) is 0.485. The zero-order chi connectivity index (χ0) is 42.8. The van der Waals surface area contributed by atoms with E-state index < -0.39 is 92.0 Å². The Morgan fingerprint density at radius 3 is 2.18 bits per heavy atom. The summed E-state index contributed by atoms with van der Waals surface area (Å²) in [6.45, 7) is 12.9. The molecule has 57 heavy (non-hydrogen) atoms. The summed E-state index contributed by atoms with van der Waals surface area (Å²) in [4.78, 5) is 61.2. The number of hydrogen-bond acceptors (Lipinski definition) is 13. The first-order valence-electron chi connectivity index (χ1n) is 20.2. The second-order valence-electron chi connectivity index (χ2n) is 17.3. The molecule has 0 aromatic heterocycles. The fraction of sp³-hybridized carbons (Fsp3) is 0.762. The number of aliphatic hydroxyl groups excluding tert-OH is 1. The molecule has 3 aliphatic heterocycles. The molecule has 3 aliphatic rings. The van der Waals surface area contributed by atoms with Crippen LogP contribution in [0.2, 0.25) is 0 Å². The van der Waals surface area contributed by atoms with Crippen molar-refractivity contribution in [3.05, 3.63) is 35.9 Å². The van der Waals surface area contributed by atoms with Gasteiger partial charge in [-0.3, -0.25) is 9.59 Å². The number of rotatable bonds is 11. The van der Waals surface area contributed by atoms with Crippen molar-refractivity contribution in [1.29, 1.82) is 0 Å². The van der Waals surface area contributed by atoms with Crippen LogP contribution in [0.25, 0.3) is 0 Å². The van der Waals surface area contributed by atoms with Gasteiger partial charge in [0.05, 0.1) is 23.9 Å². The second kappa shape index (κ2) is 18.1. The lowest BCUT2D eigenvalue weighted by Gasteiger charge is -2.47. The molecule has 0 bridgehead atoms. The number of benzene rings is 1. The molecule has 1 aromatic carbocycles. The SMILES string of the molecule is CC[C@@H]1OC(=O)C(C)(S(C)(=O)=O)C(=O)[C@H](C)[C@@H](OC2O[C@H](C)C[C@H](N(C)C)[C@H]2O)[C@@](C)(OC)C[C@@H](C)C(=O)[C@@H](C)C2N(CCCCc3ccccc3)C(=O)OC21C. The van der Waals surface area contributed by atoms with Gasteiger partial charge in [-0.2, -0.15) is 0 Å². The van der Waals surface area contributed by atoms with Crippen LogP contribution in [0.4, 0.5) is 4.79 Å². The molecule has 1 aromatic rings. The maximum absolute atomic E-state index is 14.8. The number of aryl methyl sites for hydroxylation is 1. The van der Waals surface area contributed by atoms with Gasteiger partial charge in [-0.15, -0.1) is 0 Å². The highest BCUT2D eigenvalue weighted by molar-refractivity contribution is 7.93. The van der Waals surface area contributed by atoms with Gasteiger partial charge < -0.3 is 38.6 Å². The maximum atomic E-state index is 14.8. The van der Waals surface area contributed by atoms with E-state index in [1.807, 2.05) is 56.3 Å². The van der Waals surface area contributed by atoms with Gasteiger partial charge in [-0.1, -0.05) is 58.0 Å². The molecular formula is C42H66N2O12S. The molecule has 3 fully saturated rings. The topological polar surface area (TPSA) is 175 Å². The number of cyclic esters (lactones) is 1. The second-order valence-corrected chi connectivity index (χ2v) is 19.7. The number of hydrogen-bond donors (Lipinski definition) is 1. The number of carbonyl (C=O) groups is 4. The summed E-state index contributed by atoms with van der Waals surface area (Å²) in [6, 6.07) is 8.64. The zero-order valence-corrected chi connectivity index (χ0v) is 36.7. The Hall–Kier alpha value is -2.95. The minimum Gasteiger partial charge on any atom is -0.457 e. The molecule has 4 rings (SSSR count). The Morgan fingerprint density at radius 2 is 1.61 bits per heavy atom. The van der Waals surface area contributed by atoms with Crippen LogP contribution < -0.4 is 0 Å². The van der Waals surface area contributed by atoms with Gasteiger partial charge in [0.15, 0.2) is 27.5 Å². The molecule has 0 radical (unpaired) electrons. The molecule has 1 amide bonds. The van der Waals surface area contributed by atoms with Crippen molar-refractivity contribution < 1.29 is 56.4 Å². The van der Waals surface area contributed by atoms with E-state index in [-0.39, 0.29) is 37.3 Å². The number of fused-ring (bicyclic) bond motifs is 1. The van der Waals surface area contributed by atoms with Gasteiger partial charge in [0.25, 0.3) is 0 Å². The monoisotopic (exact) mass is 822 g/mol. The van der Waals surface area contributed by atoms with Crippen LogP contribution in [0.5, 0.6) is 0 Å². The van der Waals surface area contributed by atoms with E-state index in [2.05, 4.69) is 0 Å². The third-order valence-electron chi connectivity index (χ3n) is 12.9. The van der Waals surface area contributed by atoms with E-state index >= 15 is 0 Å². The average molecular weight is 823 g/mol. The van der Waals surface area contributed by atoms with Gasteiger partial charge in [0.2, 0.25) is 4.75 Å². The number of ether oxygens (including phenoxy) is 5. The minimum absolute atomic E-state index is 0.0169. The van der Waals surface area contributed by atoms with Crippen molar-refractivity contribution >= 4 is 33.5 Å². The van der Waals surface area contributed by atoms with Crippen LogP contribution in [-0.4, -0.2) is 140 Å². The van der Waals surface area contributed by atoms with Crippen molar-refractivity contribution in [2.75, 3.05) is 34.0 Å². The summed E-state index contributed by atoms with van der Waals surface area (Å²) < 4.78 is 55.7. The number of methoxy groups -OCH3 is 1. The third kappa shape index (κ3) is 9.28. The molecule has 14 nitrogen and oxygen atoms in total. The van der Waals surface area contributed by atoms with Crippen LogP contribution in [0, 0.1) is 17.8 Å². The largest absolute Gasteiger partial charge is 0.457 e. The molecule has 3 heterocycles. The number of ketones is 2. The highest BCUT2D eigenvalue weighted by atomic mass is 32.2. The molecule has 15 heteroatoms. The fourth-order valence-electron chi connectivity index (χ4n) is 9.31. The van der Waals surface area contributed by atoms with Gasteiger partial charge in [0.1, 0.15) is 18.0 Å².